The van der Waals surface area contributed by atoms with E-state index < -0.39 is 23.2 Å². The largest absolute Gasteiger partial charge is 0.477 e. The van der Waals surface area contributed by atoms with E-state index in [-0.39, 0.29) is 5.56 Å². The van der Waals surface area contributed by atoms with E-state index >= 15 is 0 Å². The molecule has 5 heteroatoms. The third-order valence-corrected chi connectivity index (χ3v) is 1.97. The van der Waals surface area contributed by atoms with Crippen molar-refractivity contribution < 1.29 is 18.7 Å². The summed E-state index contributed by atoms with van der Waals surface area (Å²) in [6, 6.07) is 2.11. The molecule has 1 rings (SSSR count). The van der Waals surface area contributed by atoms with Crippen LogP contribution in [0.25, 0.3) is 6.08 Å². The second kappa shape index (κ2) is 5.37. The summed E-state index contributed by atoms with van der Waals surface area (Å²) in [6.45, 7) is 0.408. The van der Waals surface area contributed by atoms with Crippen LogP contribution >= 0.6 is 0 Å². The van der Waals surface area contributed by atoms with Gasteiger partial charge in [-0.15, -0.1) is 0 Å². The molecule has 1 aromatic carbocycles. The molecule has 0 radical (unpaired) electrons. The summed E-state index contributed by atoms with van der Waals surface area (Å²) in [4.78, 5) is 10.6. The minimum Gasteiger partial charge on any atom is -0.477 e. The Bertz CT molecular complexity index is 430. The third kappa shape index (κ3) is 2.64. The Morgan fingerprint density at radius 1 is 1.44 bits per heavy atom. The van der Waals surface area contributed by atoms with Crippen LogP contribution in [0.5, 0.6) is 0 Å². The van der Waals surface area contributed by atoms with Gasteiger partial charge in [-0.25, -0.2) is 13.6 Å². The van der Waals surface area contributed by atoms with Crippen molar-refractivity contribution in [2.45, 2.75) is 6.42 Å². The van der Waals surface area contributed by atoms with Crippen LogP contribution in [0.15, 0.2) is 18.2 Å². The van der Waals surface area contributed by atoms with Gasteiger partial charge in [0, 0.05) is 5.56 Å². The highest BCUT2D eigenvalue weighted by atomic mass is 19.1. The lowest BCUT2D eigenvalue weighted by molar-refractivity contribution is 0.0686. The lowest BCUT2D eigenvalue weighted by atomic mass is 10.1. The average molecular weight is 227 g/mol. The Morgan fingerprint density at radius 2 is 2.12 bits per heavy atom. The summed E-state index contributed by atoms with van der Waals surface area (Å²) in [6.07, 6.45) is 3.52. The molecule has 0 aliphatic rings. The van der Waals surface area contributed by atoms with E-state index in [0.29, 0.717) is 13.0 Å². The van der Waals surface area contributed by atoms with Crippen molar-refractivity contribution in [3.63, 3.8) is 0 Å². The maximum Gasteiger partial charge on any atom is 0.341 e. The van der Waals surface area contributed by atoms with Crippen LogP contribution in [0.3, 0.4) is 0 Å². The highest BCUT2D eigenvalue weighted by Gasteiger charge is 2.18. The van der Waals surface area contributed by atoms with Crippen LogP contribution in [-0.2, 0) is 0 Å². The first-order valence-electron chi connectivity index (χ1n) is 4.65. The quantitative estimate of drug-likeness (QED) is 0.827. The van der Waals surface area contributed by atoms with E-state index in [1.54, 1.807) is 6.08 Å². The number of halogens is 2. The minimum absolute atomic E-state index is 0.0345. The average Bonchev–Trinajstić information content (AvgIpc) is 2.21. The topological polar surface area (TPSA) is 63.3 Å². The van der Waals surface area contributed by atoms with E-state index in [1.807, 2.05) is 0 Å². The lowest BCUT2D eigenvalue weighted by Gasteiger charge is -2.02. The number of rotatable bonds is 4. The van der Waals surface area contributed by atoms with Gasteiger partial charge < -0.3 is 10.8 Å². The molecule has 0 spiro atoms. The summed E-state index contributed by atoms with van der Waals surface area (Å²) < 4.78 is 26.5. The molecule has 0 fully saturated rings. The highest BCUT2D eigenvalue weighted by Crippen LogP contribution is 2.18. The van der Waals surface area contributed by atoms with Crippen LogP contribution in [-0.4, -0.2) is 17.6 Å². The number of aromatic carboxylic acids is 1. The summed E-state index contributed by atoms with van der Waals surface area (Å²) in [5, 5.41) is 8.62. The molecule has 0 aliphatic heterocycles. The molecular weight excluding hydrogens is 216 g/mol. The molecule has 0 atom stereocenters. The Balaban J connectivity index is 3.13. The second-order valence-electron chi connectivity index (χ2n) is 3.11. The SMILES string of the molecule is NCCC=Cc1ccc(F)c(C(=O)O)c1F. The first-order chi connectivity index (χ1) is 7.57. The van der Waals surface area contributed by atoms with Gasteiger partial charge >= 0.3 is 5.97 Å². The molecule has 1 aromatic rings. The Morgan fingerprint density at radius 3 is 2.69 bits per heavy atom. The van der Waals surface area contributed by atoms with Gasteiger partial charge in [0.1, 0.15) is 17.2 Å². The van der Waals surface area contributed by atoms with Gasteiger partial charge in [-0.05, 0) is 25.1 Å². The Labute approximate surface area is 91.2 Å². The van der Waals surface area contributed by atoms with Crippen molar-refractivity contribution >= 4 is 12.0 Å². The van der Waals surface area contributed by atoms with Crippen molar-refractivity contribution in [1.82, 2.24) is 0 Å². The van der Waals surface area contributed by atoms with Crippen molar-refractivity contribution in [1.29, 1.82) is 0 Å². The molecular formula is C11H11F2NO2. The molecule has 3 N–H and O–H groups in total. The second-order valence-corrected chi connectivity index (χ2v) is 3.11. The summed E-state index contributed by atoms with van der Waals surface area (Å²) >= 11 is 0. The molecule has 0 saturated heterocycles. The fraction of sp³-hybridized carbons (Fsp3) is 0.182. The standard InChI is InChI=1S/C11H11F2NO2/c12-8-5-4-7(3-1-2-6-14)10(13)9(8)11(15)16/h1,3-5H,2,6,14H2,(H,15,16). The van der Waals surface area contributed by atoms with Crippen molar-refractivity contribution in [3.05, 3.63) is 41.0 Å². The Kier molecular flexibility index (Phi) is 4.13. The normalized spacial score (nSPS) is 10.9. The number of hydrogen-bond donors (Lipinski definition) is 2. The fourth-order valence-corrected chi connectivity index (χ4v) is 1.20. The van der Waals surface area contributed by atoms with Gasteiger partial charge in [0.15, 0.2) is 0 Å². The zero-order valence-corrected chi connectivity index (χ0v) is 8.41. The monoisotopic (exact) mass is 227 g/mol. The first-order valence-corrected chi connectivity index (χ1v) is 4.65. The number of carbonyl (C=O) groups is 1. The van der Waals surface area contributed by atoms with Gasteiger partial charge in [0.05, 0.1) is 0 Å². The van der Waals surface area contributed by atoms with Gasteiger partial charge in [-0.3, -0.25) is 0 Å². The smallest absolute Gasteiger partial charge is 0.341 e. The van der Waals surface area contributed by atoms with Crippen molar-refractivity contribution in [2.24, 2.45) is 5.73 Å². The molecule has 0 saturated carbocycles. The van der Waals surface area contributed by atoms with Gasteiger partial charge in [-0.1, -0.05) is 12.2 Å². The number of benzene rings is 1. The predicted molar refractivity (Wildman–Crippen MR) is 56.0 cm³/mol. The van der Waals surface area contributed by atoms with E-state index in [4.69, 9.17) is 10.8 Å². The molecule has 0 amide bonds. The molecule has 3 nitrogen and oxygen atoms in total. The minimum atomic E-state index is -1.62. The number of nitrogens with two attached hydrogens (primary N) is 1. The predicted octanol–water partition coefficient (Wildman–Crippen LogP) is 2.03. The summed E-state index contributed by atoms with van der Waals surface area (Å²) in [7, 11) is 0. The van der Waals surface area contributed by atoms with Gasteiger partial charge in [0.2, 0.25) is 0 Å². The fourth-order valence-electron chi connectivity index (χ4n) is 1.20. The van der Waals surface area contributed by atoms with E-state index in [9.17, 15) is 13.6 Å². The van der Waals surface area contributed by atoms with Crippen LogP contribution in [0.1, 0.15) is 22.3 Å². The van der Waals surface area contributed by atoms with Crippen molar-refractivity contribution in [2.75, 3.05) is 6.54 Å². The molecule has 0 heterocycles. The number of carboxylic acid groups (broad SMARTS) is 1. The van der Waals surface area contributed by atoms with Crippen molar-refractivity contribution in [3.8, 4) is 0 Å². The molecule has 0 aromatic heterocycles. The summed E-state index contributed by atoms with van der Waals surface area (Å²) in [5.74, 6) is -3.77. The van der Waals surface area contributed by atoms with Crippen LogP contribution in [0.2, 0.25) is 0 Å². The maximum absolute atomic E-state index is 13.5. The molecule has 0 aliphatic carbocycles. The third-order valence-electron chi connectivity index (χ3n) is 1.97. The highest BCUT2D eigenvalue weighted by molar-refractivity contribution is 5.89. The molecule has 16 heavy (non-hydrogen) atoms. The van der Waals surface area contributed by atoms with Gasteiger partial charge in [0.25, 0.3) is 0 Å². The summed E-state index contributed by atoms with van der Waals surface area (Å²) in [5.41, 5.74) is 4.33. The van der Waals surface area contributed by atoms with Crippen LogP contribution in [0, 0.1) is 11.6 Å². The number of carboxylic acids is 1. The maximum atomic E-state index is 13.5. The molecule has 0 bridgehead atoms. The van der Waals surface area contributed by atoms with E-state index in [0.717, 1.165) is 6.07 Å². The first kappa shape index (κ1) is 12.3. The van der Waals surface area contributed by atoms with E-state index in [1.165, 1.54) is 12.1 Å². The lowest BCUT2D eigenvalue weighted by Crippen LogP contribution is -2.05. The Hall–Kier alpha value is -1.75. The van der Waals surface area contributed by atoms with Gasteiger partial charge in [-0.2, -0.15) is 0 Å². The molecule has 86 valence electrons. The van der Waals surface area contributed by atoms with Crippen LogP contribution in [0.4, 0.5) is 8.78 Å². The zero-order valence-electron chi connectivity index (χ0n) is 8.41. The van der Waals surface area contributed by atoms with Crippen LogP contribution < -0.4 is 5.73 Å². The zero-order chi connectivity index (χ0) is 12.1. The number of hydrogen-bond acceptors (Lipinski definition) is 2. The van der Waals surface area contributed by atoms with E-state index in [2.05, 4.69) is 0 Å². The molecule has 0 unspecified atom stereocenters.